The van der Waals surface area contributed by atoms with E-state index >= 15 is 0 Å². The molecule has 1 aliphatic heterocycles. The molecule has 0 amide bonds. The van der Waals surface area contributed by atoms with Crippen LogP contribution in [0.15, 0.2) is 16.1 Å². The summed E-state index contributed by atoms with van der Waals surface area (Å²) in [7, 11) is 0. The number of nitroso groups, excluding NO2 is 1. The molecule has 0 radical (unpaired) electrons. The van der Waals surface area contributed by atoms with Crippen LogP contribution in [0.4, 0.5) is 0 Å². The van der Waals surface area contributed by atoms with E-state index in [4.69, 9.17) is 0 Å². The molecule has 1 atom stereocenters. The Bertz CT molecular complexity index is 102. The van der Waals surface area contributed by atoms with Gasteiger partial charge in [-0.1, -0.05) is 17.2 Å². The summed E-state index contributed by atoms with van der Waals surface area (Å²) in [5, 5.41) is 1.92. The molecular formula is C4H7NOS. The van der Waals surface area contributed by atoms with Gasteiger partial charge in [-0.15, -0.1) is 4.91 Å². The van der Waals surface area contributed by atoms with Gasteiger partial charge in [0.15, 0.2) is 0 Å². The Balaban J connectivity index is 2.42. The van der Waals surface area contributed by atoms with Gasteiger partial charge in [0.2, 0.25) is 0 Å². The summed E-state index contributed by atoms with van der Waals surface area (Å²) in [5.74, 6) is 0.985. The molecule has 0 bridgehead atoms. The van der Waals surface area contributed by atoms with Crippen LogP contribution in [0.5, 0.6) is 0 Å². The summed E-state index contributed by atoms with van der Waals surface area (Å²) >= 11 is -0.554. The number of nitrogens with zero attached hydrogens (tertiary/aromatic N) is 1. The molecule has 2 nitrogen and oxygen atoms in total. The van der Waals surface area contributed by atoms with Crippen molar-refractivity contribution < 1.29 is 0 Å². The smallest absolute Gasteiger partial charge is 0.00296 e. The maximum absolute atomic E-state index is 9.73. The molecule has 0 saturated heterocycles. The summed E-state index contributed by atoms with van der Waals surface area (Å²) in [6, 6.07) is 0. The zero-order chi connectivity index (χ0) is 5.11. The van der Waals surface area contributed by atoms with E-state index in [9.17, 15) is 4.91 Å². The molecule has 1 heterocycles. The lowest BCUT2D eigenvalue weighted by molar-refractivity contribution is 1.27. The van der Waals surface area contributed by atoms with E-state index in [-0.39, 0.29) is 0 Å². The second kappa shape index (κ2) is 2.12. The molecule has 1 unspecified atom stereocenters. The van der Waals surface area contributed by atoms with Gasteiger partial charge in [0.1, 0.15) is 0 Å². The van der Waals surface area contributed by atoms with E-state index in [1.165, 1.54) is 0 Å². The number of rotatable bonds is 1. The molecule has 1 rings (SSSR count). The van der Waals surface area contributed by atoms with Crippen molar-refractivity contribution in [3.05, 3.63) is 16.4 Å². The summed E-state index contributed by atoms with van der Waals surface area (Å²) in [4.78, 5) is 9.73. The first-order chi connectivity index (χ1) is 3.43. The van der Waals surface area contributed by atoms with Crippen LogP contribution in [0, 0.1) is 4.91 Å². The predicted octanol–water partition coefficient (Wildman–Crippen LogP) is 1.59. The van der Waals surface area contributed by atoms with Crippen molar-refractivity contribution in [2.75, 3.05) is 5.75 Å². The van der Waals surface area contributed by atoms with Gasteiger partial charge in [-0.05, 0) is 16.4 Å². The third-order valence-corrected chi connectivity index (χ3v) is 2.39. The average Bonchev–Trinajstić information content (AvgIpc) is 2.14. The van der Waals surface area contributed by atoms with Crippen LogP contribution < -0.4 is 0 Å². The first-order valence-electron chi connectivity index (χ1n) is 2.20. The lowest BCUT2D eigenvalue weighted by Crippen LogP contribution is -1.68. The molecule has 0 aromatic carbocycles. The van der Waals surface area contributed by atoms with E-state index in [0.717, 1.165) is 12.2 Å². The van der Waals surface area contributed by atoms with Crippen LogP contribution in [-0.4, -0.2) is 5.75 Å². The van der Waals surface area contributed by atoms with Gasteiger partial charge in [-0.25, -0.2) is 0 Å². The lowest BCUT2D eigenvalue weighted by atomic mass is 10.5. The molecular weight excluding hydrogens is 110 g/mol. The van der Waals surface area contributed by atoms with E-state index in [1.807, 2.05) is 11.5 Å². The van der Waals surface area contributed by atoms with Crippen LogP contribution in [0.1, 0.15) is 6.42 Å². The van der Waals surface area contributed by atoms with Crippen molar-refractivity contribution in [1.82, 2.24) is 0 Å². The molecule has 0 aromatic heterocycles. The van der Waals surface area contributed by atoms with Gasteiger partial charge in [-0.3, -0.25) is 0 Å². The third-order valence-electron chi connectivity index (χ3n) is 0.907. The first kappa shape index (κ1) is 4.84. The normalized spacial score (nSPS) is 33.4. The topological polar surface area (TPSA) is 29.4 Å². The standard InChI is InChI=1S/C4H7NOS/c6-5-7-3-1-2-4-7/h1,3,7H,2,4H2. The minimum atomic E-state index is -0.554. The van der Waals surface area contributed by atoms with Crippen LogP contribution in [0.25, 0.3) is 0 Å². The summed E-state index contributed by atoms with van der Waals surface area (Å²) in [6.45, 7) is 0. The average molecular weight is 117 g/mol. The van der Waals surface area contributed by atoms with Gasteiger partial charge >= 0.3 is 0 Å². The zero-order valence-electron chi connectivity index (χ0n) is 3.87. The highest BCUT2D eigenvalue weighted by molar-refractivity contribution is 8.18. The minimum Gasteiger partial charge on any atom is -0.139 e. The quantitative estimate of drug-likeness (QED) is 0.410. The Morgan fingerprint density at radius 2 is 2.57 bits per heavy atom. The molecule has 0 saturated carbocycles. The second-order valence-corrected chi connectivity index (χ2v) is 3.21. The first-order valence-corrected chi connectivity index (χ1v) is 3.75. The monoisotopic (exact) mass is 117 g/mol. The summed E-state index contributed by atoms with van der Waals surface area (Å²) < 4.78 is 2.92. The van der Waals surface area contributed by atoms with Gasteiger partial charge < -0.3 is 0 Å². The zero-order valence-corrected chi connectivity index (χ0v) is 4.77. The Morgan fingerprint density at radius 3 is 2.86 bits per heavy atom. The Hall–Kier alpha value is -0.310. The highest BCUT2D eigenvalue weighted by atomic mass is 32.2. The van der Waals surface area contributed by atoms with E-state index in [1.54, 1.807) is 0 Å². The largest absolute Gasteiger partial charge is 0.139 e. The Kier molecular flexibility index (Phi) is 1.46. The van der Waals surface area contributed by atoms with Crippen LogP contribution in [0.3, 0.4) is 0 Å². The second-order valence-electron chi connectivity index (χ2n) is 1.42. The molecule has 40 valence electrons. The van der Waals surface area contributed by atoms with Crippen molar-refractivity contribution in [3.8, 4) is 0 Å². The molecule has 7 heavy (non-hydrogen) atoms. The van der Waals surface area contributed by atoms with Crippen molar-refractivity contribution in [2.24, 2.45) is 4.58 Å². The molecule has 1 aliphatic rings. The Labute approximate surface area is 45.1 Å². The van der Waals surface area contributed by atoms with Crippen LogP contribution in [-0.2, 0) is 0 Å². The molecule has 0 spiro atoms. The summed E-state index contributed by atoms with van der Waals surface area (Å²) in [6.07, 6.45) is 3.07. The SMILES string of the molecule is O=N[SH]1C=CCC1. The van der Waals surface area contributed by atoms with Gasteiger partial charge in [0.25, 0.3) is 0 Å². The van der Waals surface area contributed by atoms with Gasteiger partial charge in [0.05, 0.1) is 0 Å². The van der Waals surface area contributed by atoms with Crippen molar-refractivity contribution in [1.29, 1.82) is 0 Å². The van der Waals surface area contributed by atoms with Crippen LogP contribution in [0.2, 0.25) is 0 Å². The minimum absolute atomic E-state index is 0.554. The molecule has 0 aromatic rings. The van der Waals surface area contributed by atoms with E-state index in [2.05, 4.69) is 4.58 Å². The fourth-order valence-electron chi connectivity index (χ4n) is 0.546. The fourth-order valence-corrected chi connectivity index (χ4v) is 1.64. The van der Waals surface area contributed by atoms with Crippen molar-refractivity contribution in [2.45, 2.75) is 6.42 Å². The van der Waals surface area contributed by atoms with Crippen molar-refractivity contribution >= 4 is 11.1 Å². The fraction of sp³-hybridized carbons (Fsp3) is 0.500. The lowest BCUT2D eigenvalue weighted by Gasteiger charge is -1.94. The third kappa shape index (κ3) is 1.03. The van der Waals surface area contributed by atoms with Crippen LogP contribution >= 0.6 is 11.1 Å². The molecule has 0 N–H and O–H groups in total. The molecule has 3 heteroatoms. The molecule has 0 aliphatic carbocycles. The number of hydrogen-bond acceptors (Lipinski definition) is 2. The number of thiol groups is 1. The number of allylic oxidation sites excluding steroid dienone is 1. The van der Waals surface area contributed by atoms with E-state index in [0.29, 0.717) is 0 Å². The maximum Gasteiger partial charge on any atom is 0.00296 e. The number of hydrogen-bond donors (Lipinski definition) is 1. The predicted molar refractivity (Wildman–Crippen MR) is 33.4 cm³/mol. The summed E-state index contributed by atoms with van der Waals surface area (Å²) in [5.41, 5.74) is 0. The maximum atomic E-state index is 9.73. The highest BCUT2D eigenvalue weighted by Gasteiger charge is 2.01. The van der Waals surface area contributed by atoms with Gasteiger partial charge in [-0.2, -0.15) is 0 Å². The van der Waals surface area contributed by atoms with E-state index < -0.39 is 11.1 Å². The Morgan fingerprint density at radius 1 is 1.71 bits per heavy atom. The van der Waals surface area contributed by atoms with Gasteiger partial charge in [0, 0.05) is 5.75 Å². The molecule has 0 fully saturated rings. The van der Waals surface area contributed by atoms with Crippen molar-refractivity contribution in [3.63, 3.8) is 0 Å². The highest BCUT2D eigenvalue weighted by Crippen LogP contribution is 2.33.